The Labute approximate surface area is 55.1 Å². The Morgan fingerprint density at radius 2 is 1.60 bits per heavy atom. The van der Waals surface area contributed by atoms with Crippen LogP contribution in [0.2, 0.25) is 11.6 Å². The molecule has 26 valence electrons. The van der Waals surface area contributed by atoms with E-state index in [0.717, 1.165) is 0 Å². The Bertz CT molecular complexity index is 18.3. The van der Waals surface area contributed by atoms with Crippen LogP contribution in [0.25, 0.3) is 0 Å². The number of hydrogen-bond donors (Lipinski definition) is 0. The van der Waals surface area contributed by atoms with E-state index in [1.165, 1.54) is 0 Å². The summed E-state index contributed by atoms with van der Waals surface area (Å²) in [6.45, 7) is 0. The summed E-state index contributed by atoms with van der Waals surface area (Å²) in [5, 5.41) is 0. The fourth-order valence-corrected chi connectivity index (χ4v) is 0. The zero-order chi connectivity index (χ0) is 3.58. The number of rotatable bonds is 0. The molecule has 0 spiro atoms. The molecule has 0 unspecified atom stereocenters. The van der Waals surface area contributed by atoms with Gasteiger partial charge in [-0.1, -0.05) is 11.6 Å². The van der Waals surface area contributed by atoms with Crippen LogP contribution in [0.1, 0.15) is 1.43 Å². The first-order valence-corrected chi connectivity index (χ1v) is 5.43. The Hall–Kier alpha value is 1.42. The normalized spacial score (nSPS) is 5.40. The van der Waals surface area contributed by atoms with Gasteiger partial charge in [-0.05, 0) is 0 Å². The molecule has 0 fully saturated rings. The molecule has 0 aliphatic carbocycles. The first-order chi connectivity index (χ1) is 1.73. The zero-order valence-corrected chi connectivity index (χ0v) is 5.87. The maximum Gasteiger partial charge on any atom is 1.00 e. The minimum Gasteiger partial charge on any atom is -1.00 e. The summed E-state index contributed by atoms with van der Waals surface area (Å²) in [6, 6.07) is 0. The van der Waals surface area contributed by atoms with Crippen molar-refractivity contribution in [2.24, 2.45) is 0 Å². The van der Waals surface area contributed by atoms with Gasteiger partial charge >= 0.3 is 32.1 Å². The molecule has 0 saturated carbocycles. The van der Waals surface area contributed by atoms with Gasteiger partial charge in [0.1, 0.15) is 0 Å². The number of hydrogen-bond acceptors (Lipinski definition) is 0. The second-order valence-electron chi connectivity index (χ2n) is 1.01. The van der Waals surface area contributed by atoms with Gasteiger partial charge < -0.3 is 1.43 Å². The van der Waals surface area contributed by atoms with Crippen LogP contribution >= 0.6 is 10.0 Å². The van der Waals surface area contributed by atoms with Crippen LogP contribution in [0.4, 0.5) is 0 Å². The van der Waals surface area contributed by atoms with Crippen molar-refractivity contribution >= 4 is 23.3 Å². The van der Waals surface area contributed by atoms with Gasteiger partial charge in [-0.3, -0.25) is 10.0 Å². The molecule has 0 radical (unpaired) electrons. The third-order valence-corrected chi connectivity index (χ3v) is 0. The van der Waals surface area contributed by atoms with Crippen LogP contribution < -0.4 is 18.9 Å². The van der Waals surface area contributed by atoms with Crippen LogP contribution in [0.15, 0.2) is 0 Å². The Balaban J connectivity index is -0.0000000450. The van der Waals surface area contributed by atoms with E-state index in [4.69, 9.17) is 10.0 Å². The predicted molar refractivity (Wildman–Crippen MR) is 24.4 cm³/mol. The van der Waals surface area contributed by atoms with Gasteiger partial charge in [-0.25, -0.2) is 0 Å². The second kappa shape index (κ2) is 5.42. The van der Waals surface area contributed by atoms with Crippen molar-refractivity contribution in [3.63, 3.8) is 0 Å². The van der Waals surface area contributed by atoms with E-state index in [-0.39, 0.29) is 20.3 Å². The van der Waals surface area contributed by atoms with Gasteiger partial charge in [0.05, 0.1) is 0 Å². The van der Waals surface area contributed by atoms with E-state index in [1.807, 2.05) is 0 Å². The Morgan fingerprint density at radius 3 is 1.60 bits per heavy atom. The second-order valence-corrected chi connectivity index (χ2v) is 5.66. The minimum absolute atomic E-state index is 0. The summed E-state index contributed by atoms with van der Waals surface area (Å²) in [5.41, 5.74) is 0. The molecule has 0 bridgehead atoms. The molecule has 0 aliphatic rings. The summed E-state index contributed by atoms with van der Waals surface area (Å²) in [6.07, 6.45) is 0. The van der Waals surface area contributed by atoms with E-state index in [0.29, 0.717) is 0 Å². The van der Waals surface area contributed by atoms with E-state index in [2.05, 4.69) is 11.6 Å². The maximum atomic E-state index is 5.41. The van der Waals surface area contributed by atoms with Gasteiger partial charge in [0.25, 0.3) is 0 Å². The molecular weight excluding hydrogens is 93.4 g/mol. The number of halogens is 1. The summed E-state index contributed by atoms with van der Waals surface area (Å²) in [4.78, 5) is 0. The van der Waals surface area contributed by atoms with Crippen molar-refractivity contribution in [3.8, 4) is 0 Å². The van der Waals surface area contributed by atoms with Crippen molar-refractivity contribution in [2.45, 2.75) is 11.6 Å². The monoisotopic (exact) mass is 100 g/mol. The molecule has 5 heavy (non-hydrogen) atoms. The third-order valence-electron chi connectivity index (χ3n) is 0. The molecule has 3 heteroatoms. The van der Waals surface area contributed by atoms with Crippen molar-refractivity contribution in [2.75, 3.05) is 0 Å². The van der Waals surface area contributed by atoms with Crippen molar-refractivity contribution in [1.29, 1.82) is 0 Å². The molecule has 0 N–H and O–H groups in total. The largest absolute Gasteiger partial charge is 1.00 e. The molecule has 0 heterocycles. The van der Waals surface area contributed by atoms with Gasteiger partial charge in [-0.2, -0.15) is 0 Å². The van der Waals surface area contributed by atoms with Crippen molar-refractivity contribution in [3.05, 3.63) is 0 Å². The van der Waals surface area contributed by atoms with E-state index >= 15 is 0 Å². The average Bonchev–Trinajstić information content (AvgIpc) is 0.811. The standard InChI is InChI=1S/2CH3.Al.ClH.Li.H/h2*1H3;;1H;;/q;;+1;;+1;-1/p-1. The first kappa shape index (κ1) is 9.65. The quantitative estimate of drug-likeness (QED) is 0.328. The molecule has 0 aromatic heterocycles. The molecular formula is C2H7AlClLi. The average molecular weight is 100 g/mol. The van der Waals surface area contributed by atoms with Gasteiger partial charge in [0, 0.05) is 0 Å². The molecule has 0 atom stereocenters. The van der Waals surface area contributed by atoms with Crippen LogP contribution in [0, 0.1) is 0 Å². The van der Waals surface area contributed by atoms with E-state index in [1.54, 1.807) is 0 Å². The summed E-state index contributed by atoms with van der Waals surface area (Å²) in [5.74, 6) is 4.14. The third kappa shape index (κ3) is 31.4. The Morgan fingerprint density at radius 1 is 1.60 bits per heavy atom. The molecule has 0 aliphatic heterocycles. The molecule has 0 aromatic rings. The topological polar surface area (TPSA) is 0 Å². The minimum atomic E-state index is -0.667. The smallest absolute Gasteiger partial charge is 1.00 e. The first-order valence-electron chi connectivity index (χ1n) is 1.37. The van der Waals surface area contributed by atoms with Crippen LogP contribution in [-0.2, 0) is 0 Å². The summed E-state index contributed by atoms with van der Waals surface area (Å²) in [7, 11) is 5.41. The maximum absolute atomic E-state index is 5.41. The molecule has 0 amide bonds. The van der Waals surface area contributed by atoms with Crippen LogP contribution in [0.5, 0.6) is 0 Å². The molecule has 0 rings (SSSR count). The van der Waals surface area contributed by atoms with Crippen LogP contribution in [-0.4, -0.2) is 13.2 Å². The van der Waals surface area contributed by atoms with Crippen molar-refractivity contribution < 1.29 is 20.3 Å². The molecule has 0 nitrogen and oxygen atoms in total. The predicted octanol–water partition coefficient (Wildman–Crippen LogP) is -1.41. The summed E-state index contributed by atoms with van der Waals surface area (Å²) >= 11 is -0.667. The van der Waals surface area contributed by atoms with E-state index in [9.17, 15) is 0 Å². The van der Waals surface area contributed by atoms with Crippen molar-refractivity contribution in [1.82, 2.24) is 0 Å². The van der Waals surface area contributed by atoms with Gasteiger partial charge in [0.2, 0.25) is 0 Å². The SMILES string of the molecule is [CH3][Al]([CH3])[Cl].[H-].[Li+]. The zero-order valence-electron chi connectivity index (χ0n) is 4.96. The van der Waals surface area contributed by atoms with E-state index < -0.39 is 13.2 Å². The van der Waals surface area contributed by atoms with Gasteiger partial charge in [-0.15, -0.1) is 0 Å². The Kier molecular flexibility index (Phi) is 10.5. The van der Waals surface area contributed by atoms with Crippen LogP contribution in [0.3, 0.4) is 0 Å². The molecule has 0 saturated heterocycles. The summed E-state index contributed by atoms with van der Waals surface area (Å²) < 4.78 is 0. The fraction of sp³-hybridized carbons (Fsp3) is 1.00. The fourth-order valence-electron chi connectivity index (χ4n) is 0. The molecule has 0 aromatic carbocycles. The van der Waals surface area contributed by atoms with Gasteiger partial charge in [0.15, 0.2) is 0 Å².